The fraction of sp³-hybridized carbons (Fsp3) is 0.308. The molecule has 1 aromatic carbocycles. The van der Waals surface area contributed by atoms with Gasteiger partial charge in [-0.15, -0.1) is 0 Å². The Kier molecular flexibility index (Phi) is 3.60. The summed E-state index contributed by atoms with van der Waals surface area (Å²) in [4.78, 5) is 35.4. The topological polar surface area (TPSA) is 95.9 Å². The van der Waals surface area contributed by atoms with E-state index in [1.807, 2.05) is 0 Å². The van der Waals surface area contributed by atoms with E-state index in [2.05, 4.69) is 5.32 Å². The van der Waals surface area contributed by atoms with Crippen molar-refractivity contribution in [1.82, 2.24) is 4.90 Å². The van der Waals surface area contributed by atoms with Crippen LogP contribution >= 0.6 is 0 Å². The zero-order valence-corrected chi connectivity index (χ0v) is 11.0. The number of aliphatic carboxylic acids is 1. The molecule has 1 aromatic rings. The summed E-state index contributed by atoms with van der Waals surface area (Å²) in [5, 5.41) is 11.3. The lowest BCUT2D eigenvalue weighted by Crippen LogP contribution is -2.37. The number of amides is 2. The Morgan fingerprint density at radius 1 is 1.45 bits per heavy atom. The van der Waals surface area contributed by atoms with E-state index in [4.69, 9.17) is 9.84 Å². The third-order valence-electron chi connectivity index (χ3n) is 2.89. The summed E-state index contributed by atoms with van der Waals surface area (Å²) in [6.07, 6.45) is -0.707. The highest BCUT2D eigenvalue weighted by Crippen LogP contribution is 2.33. The Balaban J connectivity index is 2.34. The summed E-state index contributed by atoms with van der Waals surface area (Å²) in [7, 11) is 1.39. The van der Waals surface area contributed by atoms with E-state index < -0.39 is 24.5 Å². The van der Waals surface area contributed by atoms with Crippen LogP contribution in [0.5, 0.6) is 5.75 Å². The van der Waals surface area contributed by atoms with Gasteiger partial charge >= 0.3 is 5.97 Å². The summed E-state index contributed by atoms with van der Waals surface area (Å²) in [5.41, 5.74) is 0.626. The first-order valence-electron chi connectivity index (χ1n) is 5.98. The quantitative estimate of drug-likeness (QED) is 0.842. The zero-order chi connectivity index (χ0) is 14.9. The first-order chi connectivity index (χ1) is 9.40. The van der Waals surface area contributed by atoms with Crippen LogP contribution in [0.2, 0.25) is 0 Å². The van der Waals surface area contributed by atoms with Crippen molar-refractivity contribution < 1.29 is 24.2 Å². The Morgan fingerprint density at radius 3 is 2.80 bits per heavy atom. The molecule has 2 N–H and O–H groups in total. The number of anilines is 1. The number of carbonyl (C=O) groups is 3. The van der Waals surface area contributed by atoms with Crippen LogP contribution in [0.25, 0.3) is 0 Å². The lowest BCUT2D eigenvalue weighted by atomic mass is 10.1. The molecule has 0 aliphatic carbocycles. The van der Waals surface area contributed by atoms with E-state index in [0.29, 0.717) is 5.69 Å². The summed E-state index contributed by atoms with van der Waals surface area (Å²) >= 11 is 0. The Bertz CT molecular complexity index is 584. The van der Waals surface area contributed by atoms with Gasteiger partial charge in [-0.2, -0.15) is 0 Å². The minimum atomic E-state index is -1.10. The fourth-order valence-corrected chi connectivity index (χ4v) is 1.88. The van der Waals surface area contributed by atoms with Crippen molar-refractivity contribution in [3.63, 3.8) is 0 Å². The maximum absolute atomic E-state index is 12.2. The molecule has 7 heteroatoms. The summed E-state index contributed by atoms with van der Waals surface area (Å²) in [6.45, 7) is 1.16. The number of likely N-dealkylation sites (N-methyl/N-ethyl adjacent to an activating group) is 1. The molecule has 106 valence electrons. The molecule has 0 saturated heterocycles. The molecule has 1 heterocycles. The number of nitrogens with zero attached hydrogens (tertiary/aromatic N) is 1. The second kappa shape index (κ2) is 5.20. The van der Waals surface area contributed by atoms with Gasteiger partial charge in [-0.05, 0) is 19.1 Å². The number of rotatable bonds is 3. The number of carboxylic acids is 1. The van der Waals surface area contributed by atoms with Crippen molar-refractivity contribution in [2.75, 3.05) is 18.9 Å². The normalized spacial score (nSPS) is 16.7. The van der Waals surface area contributed by atoms with Gasteiger partial charge in [0, 0.05) is 7.05 Å². The van der Waals surface area contributed by atoms with Crippen molar-refractivity contribution in [3.05, 3.63) is 23.8 Å². The Hall–Kier alpha value is -2.57. The van der Waals surface area contributed by atoms with Crippen molar-refractivity contribution in [3.8, 4) is 5.75 Å². The molecule has 1 aliphatic rings. The van der Waals surface area contributed by atoms with E-state index in [0.717, 1.165) is 4.90 Å². The number of carboxylic acid groups (broad SMARTS) is 1. The molecular formula is C13H14N2O5. The molecule has 1 atom stereocenters. The van der Waals surface area contributed by atoms with Gasteiger partial charge in [0.2, 0.25) is 0 Å². The van der Waals surface area contributed by atoms with Gasteiger partial charge in [-0.25, -0.2) is 0 Å². The summed E-state index contributed by atoms with van der Waals surface area (Å²) in [6, 6.07) is 4.75. The Labute approximate surface area is 115 Å². The molecule has 2 amide bonds. The summed E-state index contributed by atoms with van der Waals surface area (Å²) < 4.78 is 5.44. The first-order valence-corrected chi connectivity index (χ1v) is 5.98. The van der Waals surface area contributed by atoms with Gasteiger partial charge in [-0.1, -0.05) is 6.07 Å². The molecular weight excluding hydrogens is 264 g/mol. The predicted molar refractivity (Wildman–Crippen MR) is 69.8 cm³/mol. The average Bonchev–Trinajstić information content (AvgIpc) is 2.38. The van der Waals surface area contributed by atoms with Crippen LogP contribution in [0.1, 0.15) is 17.3 Å². The molecule has 20 heavy (non-hydrogen) atoms. The lowest BCUT2D eigenvalue weighted by molar-refractivity contribution is -0.137. The monoisotopic (exact) mass is 278 g/mol. The average molecular weight is 278 g/mol. The second-order valence-electron chi connectivity index (χ2n) is 4.49. The van der Waals surface area contributed by atoms with Crippen LogP contribution in [-0.2, 0) is 9.59 Å². The maximum Gasteiger partial charge on any atom is 0.323 e. The van der Waals surface area contributed by atoms with Gasteiger partial charge in [0.1, 0.15) is 6.54 Å². The second-order valence-corrected chi connectivity index (χ2v) is 4.49. The molecule has 0 spiro atoms. The van der Waals surface area contributed by atoms with Crippen LogP contribution in [0.3, 0.4) is 0 Å². The molecule has 0 radical (unpaired) electrons. The molecule has 0 bridgehead atoms. The van der Waals surface area contributed by atoms with Crippen LogP contribution in [0.4, 0.5) is 5.69 Å². The van der Waals surface area contributed by atoms with Gasteiger partial charge in [0.25, 0.3) is 11.8 Å². The van der Waals surface area contributed by atoms with Crippen LogP contribution in [-0.4, -0.2) is 47.5 Å². The van der Waals surface area contributed by atoms with E-state index in [1.165, 1.54) is 13.1 Å². The van der Waals surface area contributed by atoms with E-state index in [-0.39, 0.29) is 17.2 Å². The van der Waals surface area contributed by atoms with Crippen molar-refractivity contribution in [2.24, 2.45) is 0 Å². The van der Waals surface area contributed by atoms with Gasteiger partial charge in [0.15, 0.2) is 11.9 Å². The zero-order valence-electron chi connectivity index (χ0n) is 11.0. The predicted octanol–water partition coefficient (Wildman–Crippen LogP) is 0.563. The number of carbonyl (C=O) groups excluding carboxylic acids is 2. The van der Waals surface area contributed by atoms with Crippen molar-refractivity contribution in [2.45, 2.75) is 13.0 Å². The number of fused-ring (bicyclic) bond motifs is 1. The Morgan fingerprint density at radius 2 is 2.15 bits per heavy atom. The van der Waals surface area contributed by atoms with Gasteiger partial charge in [-0.3, -0.25) is 14.4 Å². The highest BCUT2D eigenvalue weighted by atomic mass is 16.5. The number of nitrogens with one attached hydrogen (secondary N) is 1. The largest absolute Gasteiger partial charge is 0.480 e. The molecule has 2 rings (SSSR count). The molecule has 0 saturated carbocycles. The van der Waals surface area contributed by atoms with Gasteiger partial charge < -0.3 is 20.1 Å². The van der Waals surface area contributed by atoms with Crippen LogP contribution in [0, 0.1) is 0 Å². The number of benzene rings is 1. The fourth-order valence-electron chi connectivity index (χ4n) is 1.88. The molecule has 7 nitrogen and oxygen atoms in total. The molecule has 1 unspecified atom stereocenters. The highest BCUT2D eigenvalue weighted by Gasteiger charge is 2.28. The third kappa shape index (κ3) is 2.56. The van der Waals surface area contributed by atoms with Crippen molar-refractivity contribution >= 4 is 23.5 Å². The number of para-hydroxylation sites is 1. The molecule has 1 aliphatic heterocycles. The number of hydrogen-bond donors (Lipinski definition) is 2. The SMILES string of the molecule is CC1Oc2c(cccc2C(=O)N(C)CC(=O)O)NC1=O. The number of ether oxygens (including phenoxy) is 1. The van der Waals surface area contributed by atoms with Crippen molar-refractivity contribution in [1.29, 1.82) is 0 Å². The van der Waals surface area contributed by atoms with Crippen LogP contribution in [0.15, 0.2) is 18.2 Å². The maximum atomic E-state index is 12.2. The molecule has 0 aromatic heterocycles. The van der Waals surface area contributed by atoms with E-state index in [1.54, 1.807) is 19.1 Å². The highest BCUT2D eigenvalue weighted by molar-refractivity contribution is 6.04. The standard InChI is InChI=1S/C13H14N2O5/c1-7-12(18)14-9-5-3-4-8(11(9)20-7)13(19)15(2)6-10(16)17/h3-5,7H,6H2,1-2H3,(H,14,18)(H,16,17). The number of hydrogen-bond acceptors (Lipinski definition) is 4. The smallest absolute Gasteiger partial charge is 0.323 e. The van der Waals surface area contributed by atoms with E-state index in [9.17, 15) is 14.4 Å². The minimum absolute atomic E-state index is 0.220. The van der Waals surface area contributed by atoms with Crippen LogP contribution < -0.4 is 10.1 Å². The third-order valence-corrected chi connectivity index (χ3v) is 2.89. The first kappa shape index (κ1) is 13.9. The molecule has 0 fully saturated rings. The lowest BCUT2D eigenvalue weighted by Gasteiger charge is -2.26. The summed E-state index contributed by atoms with van der Waals surface area (Å²) in [5.74, 6) is -1.61. The van der Waals surface area contributed by atoms with Gasteiger partial charge in [0.05, 0.1) is 11.3 Å². The minimum Gasteiger partial charge on any atom is -0.480 e. The van der Waals surface area contributed by atoms with E-state index >= 15 is 0 Å².